The fraction of sp³-hybridized carbons (Fsp3) is 0.640. The van der Waals surface area contributed by atoms with Gasteiger partial charge in [0.25, 0.3) is 15.9 Å². The van der Waals surface area contributed by atoms with Gasteiger partial charge in [0.2, 0.25) is 10.9 Å². The Kier molecular flexibility index (Phi) is 10.1. The minimum Gasteiger partial charge on any atom is -0.350 e. The Morgan fingerprint density at radius 1 is 1.00 bits per heavy atom. The van der Waals surface area contributed by atoms with Crippen molar-refractivity contribution in [2.75, 3.05) is 19.6 Å². The van der Waals surface area contributed by atoms with E-state index >= 15 is 0 Å². The van der Waals surface area contributed by atoms with Gasteiger partial charge in [-0.1, -0.05) is 5.21 Å². The smallest absolute Gasteiger partial charge is 0.350 e. The first-order chi connectivity index (χ1) is 19.7. The van der Waals surface area contributed by atoms with E-state index in [1.807, 2.05) is 0 Å². The number of benzene rings is 1. The molecule has 2 aliphatic rings. The van der Waals surface area contributed by atoms with Crippen molar-refractivity contribution < 1.29 is 48.3 Å². The average molecular weight is 683 g/mol. The number of aromatic nitrogens is 3. The van der Waals surface area contributed by atoms with E-state index in [0.717, 1.165) is 0 Å². The van der Waals surface area contributed by atoms with E-state index < -0.39 is 87.9 Å². The molecule has 0 spiro atoms. The van der Waals surface area contributed by atoms with Crippen LogP contribution in [-0.2, 0) is 29.4 Å². The van der Waals surface area contributed by atoms with Crippen LogP contribution in [0.1, 0.15) is 61.0 Å². The van der Waals surface area contributed by atoms with E-state index in [1.165, 1.54) is 22.2 Å². The van der Waals surface area contributed by atoms with Crippen molar-refractivity contribution in [1.29, 1.82) is 0 Å². The Hall–Kier alpha value is -2.57. The Morgan fingerprint density at radius 2 is 1.61 bits per heavy atom. The van der Waals surface area contributed by atoms with Crippen molar-refractivity contribution >= 4 is 28.3 Å². The van der Waals surface area contributed by atoms with Gasteiger partial charge in [0.05, 0.1) is 22.9 Å². The predicted octanol–water partition coefficient (Wildman–Crippen LogP) is 4.74. The molecule has 1 N–H and O–H groups in total. The van der Waals surface area contributed by atoms with Gasteiger partial charge in [0, 0.05) is 57.1 Å². The van der Waals surface area contributed by atoms with Gasteiger partial charge in [-0.2, -0.15) is 30.6 Å². The largest absolute Gasteiger partial charge is 0.417 e. The van der Waals surface area contributed by atoms with Gasteiger partial charge in [0.15, 0.2) is 0 Å². The van der Waals surface area contributed by atoms with Gasteiger partial charge < -0.3 is 5.32 Å². The Morgan fingerprint density at radius 3 is 2.14 bits per heavy atom. The monoisotopic (exact) mass is 682 g/mol. The second-order valence-electron chi connectivity index (χ2n) is 11.2. The molecule has 2 aromatic rings. The normalized spacial score (nSPS) is 23.2. The van der Waals surface area contributed by atoms with Gasteiger partial charge in [-0.25, -0.2) is 17.2 Å². The number of piperazine rings is 1. The molecule has 2 fully saturated rings. The number of carbonyl (C=O) groups is 1. The summed E-state index contributed by atoms with van der Waals surface area (Å²) in [5, 5.41) is 9.40. The molecule has 1 aliphatic carbocycles. The molecule has 1 saturated carbocycles. The van der Waals surface area contributed by atoms with E-state index in [0.29, 0.717) is 12.1 Å². The van der Waals surface area contributed by atoms with Gasteiger partial charge in [-0.05, 0) is 44.9 Å². The molecule has 0 radical (unpaired) electrons. The molecule has 2 atom stereocenters. The van der Waals surface area contributed by atoms with Crippen LogP contribution in [0.5, 0.6) is 0 Å². The first-order valence-electron chi connectivity index (χ1n) is 13.3. The first kappa shape index (κ1) is 35.9. The summed E-state index contributed by atoms with van der Waals surface area (Å²) in [5.74, 6) is -4.33. The number of sulfonamides is 1. The number of hydrogen-bond donors (Lipinski definition) is 1. The maximum absolute atomic E-state index is 14.3. The van der Waals surface area contributed by atoms with Crippen molar-refractivity contribution in [2.24, 2.45) is 7.05 Å². The summed E-state index contributed by atoms with van der Waals surface area (Å²) < 4.78 is 138. The van der Waals surface area contributed by atoms with Crippen LogP contribution in [0.15, 0.2) is 29.4 Å². The minimum atomic E-state index is -5.28. The number of aryl methyl sites for hydroxylation is 1. The van der Waals surface area contributed by atoms with Crippen molar-refractivity contribution in [3.63, 3.8) is 0 Å². The van der Waals surface area contributed by atoms with Crippen LogP contribution in [-0.4, -0.2) is 81.7 Å². The molecule has 1 aromatic heterocycles. The van der Waals surface area contributed by atoms with E-state index in [2.05, 4.69) is 15.6 Å². The molecule has 4 rings (SSSR count). The highest BCUT2D eigenvalue weighted by molar-refractivity contribution is 7.89. The second-order valence-corrected chi connectivity index (χ2v) is 13.0. The molecule has 1 amide bonds. The maximum atomic E-state index is 14.3. The third-order valence-corrected chi connectivity index (χ3v) is 9.92. The topological polar surface area (TPSA) is 100 Å². The summed E-state index contributed by atoms with van der Waals surface area (Å²) in [6.07, 6.45) is -10.7. The molecular formula is C25H31ClF8N6O3S. The standard InChI is InChI=1S/C25H30F8N6O3S.ClH/c1-15-12-39(43(41,42)20-13-37(3)36-35-20)16(2)11-38(15)22(6-8-23(26,27)9-7-22)14-34-21(40)18-5-4-17(24(28,29)30)10-19(18)25(31,32)33;/h4-5,10,13,15-16H,6-9,11-12,14H2,1-3H3,(H,34,40);1H. The van der Waals surface area contributed by atoms with Gasteiger partial charge in [0.1, 0.15) is 0 Å². The van der Waals surface area contributed by atoms with Gasteiger partial charge in [-0.15, -0.1) is 17.5 Å². The minimum absolute atomic E-state index is 0. The molecule has 2 unspecified atom stereocenters. The number of rotatable bonds is 6. The SMILES string of the molecule is CC1CN(S(=O)(=O)c2cn(C)nn2)C(C)CN1C1(CNC(=O)c2ccc(C(F)(F)F)cc2C(F)(F)F)CCC(F)(F)CC1.Cl. The van der Waals surface area contributed by atoms with Crippen molar-refractivity contribution in [1.82, 2.24) is 29.5 Å². The lowest BCUT2D eigenvalue weighted by atomic mass is 9.77. The molecule has 19 heteroatoms. The predicted molar refractivity (Wildman–Crippen MR) is 143 cm³/mol. The quantitative estimate of drug-likeness (QED) is 0.443. The number of nitrogens with one attached hydrogen (secondary N) is 1. The molecule has 1 aromatic carbocycles. The van der Waals surface area contributed by atoms with Crippen LogP contribution < -0.4 is 5.32 Å². The summed E-state index contributed by atoms with van der Waals surface area (Å²) in [4.78, 5) is 14.8. The van der Waals surface area contributed by atoms with Gasteiger partial charge in [-0.3, -0.25) is 14.4 Å². The zero-order valence-electron chi connectivity index (χ0n) is 23.7. The number of nitrogens with zero attached hydrogens (tertiary/aromatic N) is 5. The zero-order chi connectivity index (χ0) is 32.2. The number of alkyl halides is 8. The van der Waals surface area contributed by atoms with E-state index in [-0.39, 0.29) is 49.4 Å². The number of amides is 1. The van der Waals surface area contributed by atoms with Crippen LogP contribution in [0.25, 0.3) is 0 Å². The molecule has 44 heavy (non-hydrogen) atoms. The summed E-state index contributed by atoms with van der Waals surface area (Å²) in [5.41, 5.74) is -5.61. The molecule has 1 aliphatic heterocycles. The molecule has 9 nitrogen and oxygen atoms in total. The Labute approximate surface area is 254 Å². The average Bonchev–Trinajstić information content (AvgIpc) is 3.35. The van der Waals surface area contributed by atoms with E-state index in [9.17, 15) is 48.3 Å². The third kappa shape index (κ3) is 7.28. The highest BCUT2D eigenvalue weighted by Gasteiger charge is 2.51. The van der Waals surface area contributed by atoms with Crippen molar-refractivity contribution in [3.05, 3.63) is 41.1 Å². The van der Waals surface area contributed by atoms with Crippen molar-refractivity contribution in [3.8, 4) is 0 Å². The summed E-state index contributed by atoms with van der Waals surface area (Å²) in [7, 11) is -2.58. The van der Waals surface area contributed by atoms with Crippen LogP contribution in [0, 0.1) is 0 Å². The van der Waals surface area contributed by atoms with E-state index in [4.69, 9.17) is 0 Å². The van der Waals surface area contributed by atoms with Crippen LogP contribution in [0.4, 0.5) is 35.1 Å². The lowest BCUT2D eigenvalue weighted by molar-refractivity contribution is -0.143. The Bertz CT molecular complexity index is 1460. The molecule has 1 saturated heterocycles. The maximum Gasteiger partial charge on any atom is 0.417 e. The first-order valence-corrected chi connectivity index (χ1v) is 14.7. The molecular weight excluding hydrogens is 652 g/mol. The summed E-state index contributed by atoms with van der Waals surface area (Å²) >= 11 is 0. The lowest BCUT2D eigenvalue weighted by Crippen LogP contribution is -2.68. The van der Waals surface area contributed by atoms with Gasteiger partial charge >= 0.3 is 12.4 Å². The summed E-state index contributed by atoms with van der Waals surface area (Å²) in [6.45, 7) is 2.83. The number of carbonyl (C=O) groups excluding carboxylic acids is 1. The highest BCUT2D eigenvalue weighted by Crippen LogP contribution is 2.44. The Balaban J connectivity index is 0.00000529. The molecule has 248 valence electrons. The van der Waals surface area contributed by atoms with Crippen LogP contribution in [0.2, 0.25) is 0 Å². The fourth-order valence-corrected chi connectivity index (χ4v) is 7.41. The highest BCUT2D eigenvalue weighted by atomic mass is 35.5. The third-order valence-electron chi connectivity index (χ3n) is 8.08. The lowest BCUT2D eigenvalue weighted by Gasteiger charge is -2.55. The second kappa shape index (κ2) is 12.3. The molecule has 2 heterocycles. The van der Waals surface area contributed by atoms with E-state index in [1.54, 1.807) is 18.7 Å². The number of hydrogen-bond acceptors (Lipinski definition) is 6. The fourth-order valence-electron chi connectivity index (χ4n) is 5.79. The van der Waals surface area contributed by atoms with Crippen molar-refractivity contribution in [2.45, 2.75) is 80.5 Å². The van der Waals surface area contributed by atoms with Crippen LogP contribution in [0.3, 0.4) is 0 Å². The summed E-state index contributed by atoms with van der Waals surface area (Å²) in [6, 6.07) is -0.620. The molecule has 0 bridgehead atoms. The number of halogens is 9. The zero-order valence-corrected chi connectivity index (χ0v) is 25.3. The van der Waals surface area contributed by atoms with Crippen LogP contribution >= 0.6 is 12.4 Å².